The smallest absolute Gasteiger partial charge is 0.321 e. The highest BCUT2D eigenvalue weighted by Crippen LogP contribution is 2.27. The average Bonchev–Trinajstić information content (AvgIpc) is 2.48. The van der Waals surface area contributed by atoms with Crippen molar-refractivity contribution in [1.82, 2.24) is 4.90 Å². The van der Waals surface area contributed by atoms with Gasteiger partial charge in [0.15, 0.2) is 0 Å². The summed E-state index contributed by atoms with van der Waals surface area (Å²) >= 11 is 0. The molecular weight excluding hydrogens is 250 g/mol. The number of hydrogen-bond acceptors (Lipinski definition) is 2. The molecular formula is C16H25N3O. The highest BCUT2D eigenvalue weighted by atomic mass is 16.2. The molecule has 0 heterocycles. The Morgan fingerprint density at radius 3 is 2.55 bits per heavy atom. The number of anilines is 1. The SMILES string of the molecule is CC1CCCCC1N(C)C(=O)Nc1ccc(CN)cc1. The van der Waals surface area contributed by atoms with E-state index >= 15 is 0 Å². The third kappa shape index (κ3) is 3.51. The molecule has 2 rings (SSSR count). The van der Waals surface area contributed by atoms with Crippen LogP contribution in [0, 0.1) is 5.92 Å². The average molecular weight is 275 g/mol. The largest absolute Gasteiger partial charge is 0.326 e. The minimum absolute atomic E-state index is 0.0238. The van der Waals surface area contributed by atoms with Crippen molar-refractivity contribution < 1.29 is 4.79 Å². The molecule has 20 heavy (non-hydrogen) atoms. The zero-order valence-electron chi connectivity index (χ0n) is 12.4. The van der Waals surface area contributed by atoms with Crippen LogP contribution in [0.4, 0.5) is 10.5 Å². The van der Waals surface area contributed by atoms with Gasteiger partial charge in [0.1, 0.15) is 0 Å². The van der Waals surface area contributed by atoms with Crippen molar-refractivity contribution in [2.24, 2.45) is 11.7 Å². The van der Waals surface area contributed by atoms with Crippen LogP contribution in [0.1, 0.15) is 38.2 Å². The number of nitrogens with one attached hydrogen (secondary N) is 1. The summed E-state index contributed by atoms with van der Waals surface area (Å²) in [6, 6.07) is 8.02. The first-order valence-electron chi connectivity index (χ1n) is 7.44. The van der Waals surface area contributed by atoms with E-state index in [4.69, 9.17) is 5.73 Å². The van der Waals surface area contributed by atoms with Crippen molar-refractivity contribution in [2.45, 2.75) is 45.2 Å². The van der Waals surface area contributed by atoms with Gasteiger partial charge in [-0.2, -0.15) is 0 Å². The van der Waals surface area contributed by atoms with Gasteiger partial charge in [-0.15, -0.1) is 0 Å². The summed E-state index contributed by atoms with van der Waals surface area (Å²) in [6.45, 7) is 2.76. The number of hydrogen-bond donors (Lipinski definition) is 2. The Morgan fingerprint density at radius 1 is 1.30 bits per heavy atom. The van der Waals surface area contributed by atoms with Crippen molar-refractivity contribution in [3.8, 4) is 0 Å². The molecule has 110 valence electrons. The molecule has 2 atom stereocenters. The lowest BCUT2D eigenvalue weighted by molar-refractivity contribution is 0.155. The minimum Gasteiger partial charge on any atom is -0.326 e. The van der Waals surface area contributed by atoms with E-state index in [-0.39, 0.29) is 6.03 Å². The van der Waals surface area contributed by atoms with Gasteiger partial charge in [-0.05, 0) is 36.5 Å². The minimum atomic E-state index is -0.0238. The normalized spacial score (nSPS) is 22.4. The third-order valence-corrected chi connectivity index (χ3v) is 4.32. The van der Waals surface area contributed by atoms with Crippen LogP contribution in [0.25, 0.3) is 0 Å². The fourth-order valence-corrected chi connectivity index (χ4v) is 2.96. The van der Waals surface area contributed by atoms with Crippen LogP contribution in [0.5, 0.6) is 0 Å². The van der Waals surface area contributed by atoms with Gasteiger partial charge in [0.2, 0.25) is 0 Å². The molecule has 4 heteroatoms. The molecule has 4 nitrogen and oxygen atoms in total. The molecule has 1 aliphatic carbocycles. The molecule has 0 spiro atoms. The predicted molar refractivity (Wildman–Crippen MR) is 82.5 cm³/mol. The Morgan fingerprint density at radius 2 is 1.95 bits per heavy atom. The van der Waals surface area contributed by atoms with Gasteiger partial charge >= 0.3 is 6.03 Å². The molecule has 1 saturated carbocycles. The molecule has 0 radical (unpaired) electrons. The molecule has 0 aliphatic heterocycles. The number of nitrogens with zero attached hydrogens (tertiary/aromatic N) is 1. The number of urea groups is 1. The second-order valence-electron chi connectivity index (χ2n) is 5.77. The second kappa shape index (κ2) is 6.75. The summed E-state index contributed by atoms with van der Waals surface area (Å²) in [5.74, 6) is 0.583. The topological polar surface area (TPSA) is 58.4 Å². The summed E-state index contributed by atoms with van der Waals surface area (Å²) in [4.78, 5) is 14.2. The highest BCUT2D eigenvalue weighted by molar-refractivity contribution is 5.89. The van der Waals surface area contributed by atoms with E-state index in [1.165, 1.54) is 19.3 Å². The fraction of sp³-hybridized carbons (Fsp3) is 0.562. The Labute approximate surface area is 121 Å². The maximum absolute atomic E-state index is 12.3. The summed E-state index contributed by atoms with van der Waals surface area (Å²) in [6.07, 6.45) is 4.83. The van der Waals surface area contributed by atoms with Crippen LogP contribution in [0.15, 0.2) is 24.3 Å². The number of amides is 2. The molecule has 1 aromatic carbocycles. The molecule has 2 amide bonds. The van der Waals surface area contributed by atoms with Crippen LogP contribution in [-0.4, -0.2) is 24.0 Å². The first-order valence-corrected chi connectivity index (χ1v) is 7.44. The maximum atomic E-state index is 12.3. The van der Waals surface area contributed by atoms with E-state index in [9.17, 15) is 4.79 Å². The quantitative estimate of drug-likeness (QED) is 0.890. The van der Waals surface area contributed by atoms with E-state index in [2.05, 4.69) is 12.2 Å². The monoisotopic (exact) mass is 275 g/mol. The predicted octanol–water partition coefficient (Wildman–Crippen LogP) is 3.19. The first-order chi connectivity index (χ1) is 9.61. The highest BCUT2D eigenvalue weighted by Gasteiger charge is 2.27. The summed E-state index contributed by atoms with van der Waals surface area (Å²) in [7, 11) is 1.90. The number of carbonyl (C=O) groups is 1. The van der Waals surface area contributed by atoms with Gasteiger partial charge in [-0.1, -0.05) is 31.9 Å². The van der Waals surface area contributed by atoms with Gasteiger partial charge < -0.3 is 16.0 Å². The summed E-state index contributed by atoms with van der Waals surface area (Å²) in [5, 5.41) is 2.96. The number of nitrogens with two attached hydrogens (primary N) is 1. The van der Waals surface area contributed by atoms with Crippen molar-refractivity contribution in [2.75, 3.05) is 12.4 Å². The lowest BCUT2D eigenvalue weighted by atomic mass is 9.85. The van der Waals surface area contributed by atoms with E-state index in [0.717, 1.165) is 17.7 Å². The lowest BCUT2D eigenvalue weighted by Crippen LogP contribution is -2.44. The number of carbonyl (C=O) groups excluding carboxylic acids is 1. The van der Waals surface area contributed by atoms with Crippen LogP contribution in [0.2, 0.25) is 0 Å². The van der Waals surface area contributed by atoms with E-state index in [1.54, 1.807) is 0 Å². The maximum Gasteiger partial charge on any atom is 0.321 e. The zero-order chi connectivity index (χ0) is 14.5. The summed E-state index contributed by atoms with van der Waals surface area (Å²) in [5.41, 5.74) is 7.46. The third-order valence-electron chi connectivity index (χ3n) is 4.32. The van der Waals surface area contributed by atoms with Gasteiger partial charge in [0.05, 0.1) is 0 Å². The molecule has 0 bridgehead atoms. The molecule has 0 aromatic heterocycles. The van der Waals surface area contributed by atoms with Crippen molar-refractivity contribution >= 4 is 11.7 Å². The van der Waals surface area contributed by atoms with Crippen molar-refractivity contribution in [3.05, 3.63) is 29.8 Å². The van der Waals surface area contributed by atoms with Gasteiger partial charge in [0.25, 0.3) is 0 Å². The fourth-order valence-electron chi connectivity index (χ4n) is 2.96. The second-order valence-corrected chi connectivity index (χ2v) is 5.77. The van der Waals surface area contributed by atoms with Gasteiger partial charge in [-0.25, -0.2) is 4.79 Å². The van der Waals surface area contributed by atoms with Crippen LogP contribution >= 0.6 is 0 Å². The number of rotatable bonds is 3. The van der Waals surface area contributed by atoms with Gasteiger partial charge in [-0.3, -0.25) is 0 Å². The molecule has 1 aliphatic rings. The van der Waals surface area contributed by atoms with E-state index in [0.29, 0.717) is 18.5 Å². The van der Waals surface area contributed by atoms with Crippen molar-refractivity contribution in [1.29, 1.82) is 0 Å². The molecule has 1 aromatic rings. The van der Waals surface area contributed by atoms with Crippen LogP contribution in [-0.2, 0) is 6.54 Å². The van der Waals surface area contributed by atoms with E-state index < -0.39 is 0 Å². The Bertz CT molecular complexity index is 444. The van der Waals surface area contributed by atoms with E-state index in [1.807, 2.05) is 36.2 Å². The van der Waals surface area contributed by atoms with Gasteiger partial charge in [0, 0.05) is 25.3 Å². The molecule has 0 saturated heterocycles. The summed E-state index contributed by atoms with van der Waals surface area (Å²) < 4.78 is 0. The Balaban J connectivity index is 1.95. The Hall–Kier alpha value is -1.55. The molecule has 1 fully saturated rings. The van der Waals surface area contributed by atoms with Crippen LogP contribution in [0.3, 0.4) is 0 Å². The first kappa shape index (κ1) is 14.9. The number of benzene rings is 1. The molecule has 2 unspecified atom stereocenters. The standard InChI is InChI=1S/C16H25N3O/c1-12-5-3-4-6-15(12)19(2)16(20)18-14-9-7-13(11-17)8-10-14/h7-10,12,15H,3-6,11,17H2,1-2H3,(H,18,20). The van der Waals surface area contributed by atoms with Crippen LogP contribution < -0.4 is 11.1 Å². The van der Waals surface area contributed by atoms with Crippen molar-refractivity contribution in [3.63, 3.8) is 0 Å². The molecule has 3 N–H and O–H groups in total. The Kier molecular flexibility index (Phi) is 5.01. The zero-order valence-corrected chi connectivity index (χ0v) is 12.4. The lowest BCUT2D eigenvalue weighted by Gasteiger charge is -2.36.